The van der Waals surface area contributed by atoms with Crippen molar-refractivity contribution in [3.63, 3.8) is 0 Å². The van der Waals surface area contributed by atoms with Gasteiger partial charge in [-0.2, -0.15) is 14.0 Å². The fourth-order valence-electron chi connectivity index (χ4n) is 3.15. The van der Waals surface area contributed by atoms with Gasteiger partial charge in [0.2, 0.25) is 0 Å². The molecule has 9 heteroatoms. The van der Waals surface area contributed by atoms with Crippen molar-refractivity contribution in [2.24, 2.45) is 5.73 Å². The van der Waals surface area contributed by atoms with Gasteiger partial charge >= 0.3 is 6.61 Å². The van der Waals surface area contributed by atoms with Gasteiger partial charge in [-0.25, -0.2) is 0 Å². The van der Waals surface area contributed by atoms with Crippen LogP contribution >= 0.6 is 11.3 Å². The van der Waals surface area contributed by atoms with Crippen LogP contribution in [0.5, 0.6) is 5.75 Å². The summed E-state index contributed by atoms with van der Waals surface area (Å²) in [5.41, 5.74) is 6.95. The van der Waals surface area contributed by atoms with Crippen LogP contribution in [-0.2, 0) is 17.6 Å². The van der Waals surface area contributed by atoms with Crippen LogP contribution in [0.25, 0.3) is 6.08 Å². The van der Waals surface area contributed by atoms with Gasteiger partial charge in [0.1, 0.15) is 22.4 Å². The number of aryl methyl sites for hydroxylation is 1. The van der Waals surface area contributed by atoms with Gasteiger partial charge in [-0.05, 0) is 55.0 Å². The average Bonchev–Trinajstić information content (AvgIpc) is 3.04. The zero-order valence-corrected chi connectivity index (χ0v) is 16.0. The molecule has 3 rings (SSSR count). The normalized spacial score (nSPS) is 13.5. The first-order valence-electron chi connectivity index (χ1n) is 8.81. The third kappa shape index (κ3) is 4.78. The van der Waals surface area contributed by atoms with Crippen LogP contribution in [0.2, 0.25) is 0 Å². The van der Waals surface area contributed by atoms with E-state index in [0.717, 1.165) is 36.1 Å². The Hall–Kier alpha value is -3.25. The number of fused-ring (bicyclic) bond motifs is 1. The monoisotopic (exact) mass is 417 g/mol. The minimum absolute atomic E-state index is 0.0321. The minimum Gasteiger partial charge on any atom is -0.435 e. The highest BCUT2D eigenvalue weighted by Crippen LogP contribution is 2.38. The van der Waals surface area contributed by atoms with Gasteiger partial charge in [0, 0.05) is 4.88 Å². The number of ether oxygens (including phenoxy) is 1. The van der Waals surface area contributed by atoms with Crippen LogP contribution in [0.3, 0.4) is 0 Å². The highest BCUT2D eigenvalue weighted by atomic mass is 32.1. The number of benzene rings is 1. The van der Waals surface area contributed by atoms with Crippen molar-refractivity contribution in [2.45, 2.75) is 32.3 Å². The van der Waals surface area contributed by atoms with E-state index in [1.165, 1.54) is 41.7 Å². The zero-order chi connectivity index (χ0) is 21.0. The predicted molar refractivity (Wildman–Crippen MR) is 105 cm³/mol. The Kier molecular flexibility index (Phi) is 6.24. The number of amides is 2. The number of hydrogen-bond acceptors (Lipinski definition) is 5. The topological polar surface area (TPSA) is 105 Å². The van der Waals surface area contributed by atoms with E-state index in [4.69, 9.17) is 5.73 Å². The summed E-state index contributed by atoms with van der Waals surface area (Å²) in [6.45, 7) is -2.94. The molecular formula is C20H17F2N3O3S. The highest BCUT2D eigenvalue weighted by Gasteiger charge is 2.25. The Morgan fingerprint density at radius 3 is 2.55 bits per heavy atom. The van der Waals surface area contributed by atoms with Crippen molar-refractivity contribution < 1.29 is 23.1 Å². The maximum absolute atomic E-state index is 12.6. The molecule has 0 unspecified atom stereocenters. The van der Waals surface area contributed by atoms with Crippen molar-refractivity contribution in [1.29, 1.82) is 5.26 Å². The largest absolute Gasteiger partial charge is 0.435 e. The number of carbonyl (C=O) groups is 2. The molecule has 0 saturated heterocycles. The van der Waals surface area contributed by atoms with Gasteiger partial charge in [0.15, 0.2) is 0 Å². The number of hydrogen-bond donors (Lipinski definition) is 2. The van der Waals surface area contributed by atoms with Crippen molar-refractivity contribution in [3.05, 3.63) is 51.4 Å². The summed E-state index contributed by atoms with van der Waals surface area (Å²) in [5.74, 6) is -1.33. The molecule has 2 amide bonds. The number of primary amides is 1. The average molecular weight is 417 g/mol. The summed E-state index contributed by atoms with van der Waals surface area (Å²) >= 11 is 1.30. The molecule has 6 nitrogen and oxygen atoms in total. The molecule has 1 aliphatic carbocycles. The Balaban J connectivity index is 1.82. The molecule has 0 bridgehead atoms. The highest BCUT2D eigenvalue weighted by molar-refractivity contribution is 7.17. The molecular weight excluding hydrogens is 400 g/mol. The molecule has 0 atom stereocenters. The molecule has 1 aromatic carbocycles. The first-order chi connectivity index (χ1) is 13.9. The molecule has 0 saturated carbocycles. The van der Waals surface area contributed by atoms with Crippen LogP contribution in [-0.4, -0.2) is 18.4 Å². The zero-order valence-electron chi connectivity index (χ0n) is 15.2. The Morgan fingerprint density at radius 1 is 1.24 bits per heavy atom. The first kappa shape index (κ1) is 20.5. The smallest absolute Gasteiger partial charge is 0.387 e. The van der Waals surface area contributed by atoms with Gasteiger partial charge in [0.05, 0.1) is 5.56 Å². The van der Waals surface area contributed by atoms with Crippen LogP contribution in [0.1, 0.15) is 39.2 Å². The van der Waals surface area contributed by atoms with E-state index in [-0.39, 0.29) is 11.3 Å². The standard InChI is InChI=1S/C20H17F2N3O3S/c21-20(22)28-13-7-5-11(6-8-13)9-12(10-23)18(27)25-19-16(17(24)26)14-3-1-2-4-15(14)29-19/h5-9,20H,1-4H2,(H2,24,26)(H,25,27). The number of nitrogens with one attached hydrogen (secondary N) is 1. The molecule has 150 valence electrons. The molecule has 0 fully saturated rings. The molecule has 2 aromatic rings. The molecule has 3 N–H and O–H groups in total. The molecule has 0 spiro atoms. The summed E-state index contributed by atoms with van der Waals surface area (Å²) in [6, 6.07) is 7.32. The quantitative estimate of drug-likeness (QED) is 0.550. The number of nitriles is 1. The molecule has 0 aliphatic heterocycles. The van der Waals surface area contributed by atoms with Crippen molar-refractivity contribution in [1.82, 2.24) is 0 Å². The van der Waals surface area contributed by atoms with Crippen LogP contribution in [0.4, 0.5) is 13.8 Å². The van der Waals surface area contributed by atoms with E-state index >= 15 is 0 Å². The van der Waals surface area contributed by atoms with E-state index in [9.17, 15) is 23.6 Å². The first-order valence-corrected chi connectivity index (χ1v) is 9.63. The number of alkyl halides is 2. The van der Waals surface area contributed by atoms with Gasteiger partial charge in [-0.1, -0.05) is 12.1 Å². The third-order valence-electron chi connectivity index (χ3n) is 4.43. The number of nitrogens with two attached hydrogens (primary N) is 1. The Morgan fingerprint density at radius 2 is 1.93 bits per heavy atom. The van der Waals surface area contributed by atoms with Crippen molar-refractivity contribution >= 4 is 34.2 Å². The summed E-state index contributed by atoms with van der Waals surface area (Å²) in [4.78, 5) is 25.5. The second-order valence-electron chi connectivity index (χ2n) is 6.35. The maximum atomic E-state index is 12.6. The van der Waals surface area contributed by atoms with E-state index in [2.05, 4.69) is 10.1 Å². The van der Waals surface area contributed by atoms with Gasteiger partial charge in [0.25, 0.3) is 11.8 Å². The minimum atomic E-state index is -2.94. The number of anilines is 1. The van der Waals surface area contributed by atoms with Crippen molar-refractivity contribution in [3.8, 4) is 11.8 Å². The maximum Gasteiger partial charge on any atom is 0.387 e. The van der Waals surface area contributed by atoms with Gasteiger partial charge in [-0.3, -0.25) is 9.59 Å². The van der Waals surface area contributed by atoms with Gasteiger partial charge < -0.3 is 15.8 Å². The van der Waals surface area contributed by atoms with Gasteiger partial charge in [-0.15, -0.1) is 11.3 Å². The predicted octanol–water partition coefficient (Wildman–Crippen LogP) is 3.87. The van der Waals surface area contributed by atoms with Crippen LogP contribution in [0, 0.1) is 11.3 Å². The van der Waals surface area contributed by atoms with E-state index in [1.54, 1.807) is 0 Å². The Bertz CT molecular complexity index is 1010. The fourth-order valence-corrected chi connectivity index (χ4v) is 4.44. The fraction of sp³-hybridized carbons (Fsp3) is 0.250. The number of carbonyl (C=O) groups excluding carboxylic acids is 2. The molecule has 1 aromatic heterocycles. The molecule has 29 heavy (non-hydrogen) atoms. The Labute approximate surface area is 169 Å². The summed E-state index contributed by atoms with van der Waals surface area (Å²) < 4.78 is 28.7. The molecule has 1 heterocycles. The molecule has 1 aliphatic rings. The number of halogens is 2. The lowest BCUT2D eigenvalue weighted by molar-refractivity contribution is -0.112. The SMILES string of the molecule is N#CC(=Cc1ccc(OC(F)F)cc1)C(=O)Nc1sc2c(c1C(N)=O)CCCC2. The van der Waals surface area contributed by atoms with Crippen molar-refractivity contribution in [2.75, 3.05) is 5.32 Å². The van der Waals surface area contributed by atoms with E-state index in [1.807, 2.05) is 6.07 Å². The number of thiophene rings is 1. The summed E-state index contributed by atoms with van der Waals surface area (Å²) in [6.07, 6.45) is 4.83. The van der Waals surface area contributed by atoms with E-state index < -0.39 is 18.4 Å². The summed E-state index contributed by atoms with van der Waals surface area (Å²) in [7, 11) is 0. The third-order valence-corrected chi connectivity index (χ3v) is 5.63. The second-order valence-corrected chi connectivity index (χ2v) is 7.46. The summed E-state index contributed by atoms with van der Waals surface area (Å²) in [5, 5.41) is 12.3. The number of rotatable bonds is 6. The molecule has 0 radical (unpaired) electrons. The second kappa shape index (κ2) is 8.84. The lowest BCUT2D eigenvalue weighted by Crippen LogP contribution is -2.19. The number of nitrogens with zero attached hydrogens (tertiary/aromatic N) is 1. The van der Waals surface area contributed by atoms with Crippen LogP contribution in [0.15, 0.2) is 29.8 Å². The van der Waals surface area contributed by atoms with Crippen LogP contribution < -0.4 is 15.8 Å². The van der Waals surface area contributed by atoms with E-state index in [0.29, 0.717) is 16.1 Å². The lowest BCUT2D eigenvalue weighted by atomic mass is 9.95. The lowest BCUT2D eigenvalue weighted by Gasteiger charge is -2.11.